The minimum atomic E-state index is -0.181. The Balaban J connectivity index is 1.32. The van der Waals surface area contributed by atoms with E-state index < -0.39 is 0 Å². The molecule has 3 heterocycles. The molecule has 1 aromatic carbocycles. The fourth-order valence-electron chi connectivity index (χ4n) is 3.35. The van der Waals surface area contributed by atoms with Crippen molar-refractivity contribution in [3.63, 3.8) is 0 Å². The molecule has 8 heteroatoms. The van der Waals surface area contributed by atoms with E-state index in [-0.39, 0.29) is 11.9 Å². The van der Waals surface area contributed by atoms with Gasteiger partial charge in [-0.15, -0.1) is 0 Å². The molecule has 1 amide bonds. The Morgan fingerprint density at radius 1 is 1.29 bits per heavy atom. The van der Waals surface area contributed by atoms with E-state index in [0.29, 0.717) is 11.4 Å². The summed E-state index contributed by atoms with van der Waals surface area (Å²) >= 11 is 6.03. The van der Waals surface area contributed by atoms with E-state index in [2.05, 4.69) is 25.4 Å². The lowest BCUT2D eigenvalue weighted by atomic mass is 10.1. The Hall–Kier alpha value is -2.12. The van der Waals surface area contributed by atoms with Crippen LogP contribution in [0.5, 0.6) is 0 Å². The number of aromatic amines is 1. The normalized spacial score (nSPS) is 20.7. The van der Waals surface area contributed by atoms with Gasteiger partial charge in [0.2, 0.25) is 5.91 Å². The van der Waals surface area contributed by atoms with E-state index >= 15 is 0 Å². The molecule has 1 atom stereocenters. The maximum absolute atomic E-state index is 12.8. The molecule has 4 rings (SSSR count). The molecule has 0 aliphatic carbocycles. The predicted octanol–water partition coefficient (Wildman–Crippen LogP) is 1.14. The summed E-state index contributed by atoms with van der Waals surface area (Å²) in [7, 11) is 0. The van der Waals surface area contributed by atoms with Crippen molar-refractivity contribution in [3.05, 3.63) is 40.9 Å². The summed E-state index contributed by atoms with van der Waals surface area (Å²) in [6.07, 6.45) is 2.22. The summed E-state index contributed by atoms with van der Waals surface area (Å²) in [4.78, 5) is 21.1. The van der Waals surface area contributed by atoms with Crippen LogP contribution in [-0.4, -0.2) is 63.1 Å². The third kappa shape index (κ3) is 3.09. The second-order valence-electron chi connectivity index (χ2n) is 6.24. The van der Waals surface area contributed by atoms with Crippen molar-refractivity contribution >= 4 is 23.2 Å². The topological polar surface area (TPSA) is 77.2 Å². The molecule has 0 saturated carbocycles. The van der Waals surface area contributed by atoms with Crippen LogP contribution in [0.4, 0.5) is 5.69 Å². The second-order valence-corrected chi connectivity index (χ2v) is 6.67. The van der Waals surface area contributed by atoms with Crippen LogP contribution in [0, 0.1) is 0 Å². The third-order valence-electron chi connectivity index (χ3n) is 4.64. The van der Waals surface area contributed by atoms with Gasteiger partial charge in [-0.05, 0) is 23.8 Å². The molecule has 2 aliphatic heterocycles. The number of benzene rings is 1. The smallest absolute Gasteiger partial charge is 0.245 e. The van der Waals surface area contributed by atoms with E-state index in [0.717, 1.165) is 49.8 Å². The van der Waals surface area contributed by atoms with Crippen LogP contribution in [0.1, 0.15) is 11.4 Å². The highest BCUT2D eigenvalue weighted by Crippen LogP contribution is 2.29. The lowest BCUT2D eigenvalue weighted by molar-refractivity contribution is -0.133. The van der Waals surface area contributed by atoms with Gasteiger partial charge < -0.3 is 10.2 Å². The molecule has 0 spiro atoms. The van der Waals surface area contributed by atoms with Gasteiger partial charge in [-0.25, -0.2) is 4.98 Å². The van der Waals surface area contributed by atoms with E-state index in [1.54, 1.807) is 0 Å². The number of fused-ring (bicyclic) bond motifs is 1. The summed E-state index contributed by atoms with van der Waals surface area (Å²) in [6, 6.07) is 5.55. The molecule has 7 nitrogen and oxygen atoms in total. The average Bonchev–Trinajstić information content (AvgIpc) is 3.24. The molecular formula is C16H19ClN6O. The molecule has 1 fully saturated rings. The molecular weight excluding hydrogens is 328 g/mol. The third-order valence-corrected chi connectivity index (χ3v) is 4.88. The fraction of sp³-hybridized carbons (Fsp3) is 0.438. The number of anilines is 1. The molecule has 2 N–H and O–H groups in total. The van der Waals surface area contributed by atoms with E-state index in [1.807, 2.05) is 23.1 Å². The van der Waals surface area contributed by atoms with Crippen molar-refractivity contribution in [2.24, 2.45) is 0 Å². The molecule has 1 unspecified atom stereocenters. The van der Waals surface area contributed by atoms with Crippen molar-refractivity contribution in [2.75, 3.05) is 31.5 Å². The first-order valence-electron chi connectivity index (χ1n) is 8.09. The number of aromatic nitrogens is 3. The summed E-state index contributed by atoms with van der Waals surface area (Å²) in [5.74, 6) is 1.03. The first-order chi connectivity index (χ1) is 11.7. The predicted molar refractivity (Wildman–Crippen MR) is 90.8 cm³/mol. The molecule has 1 aromatic heterocycles. The standard InChI is InChI=1S/C16H19ClN6O/c17-12-1-2-13-11(7-12)8-14(20-13)16(24)23-5-3-22(4-6-23)9-15-18-10-19-21-15/h1-2,7,10,14,20H,3-6,8-9H2,(H,18,19,21). The Morgan fingerprint density at radius 3 is 2.88 bits per heavy atom. The van der Waals surface area contributed by atoms with Crippen molar-refractivity contribution in [3.8, 4) is 0 Å². The Kier molecular flexibility index (Phi) is 4.12. The fourth-order valence-corrected chi connectivity index (χ4v) is 3.54. The van der Waals surface area contributed by atoms with Crippen molar-refractivity contribution < 1.29 is 4.79 Å². The molecule has 2 aromatic rings. The minimum Gasteiger partial charge on any atom is -0.373 e. The van der Waals surface area contributed by atoms with Gasteiger partial charge >= 0.3 is 0 Å². The van der Waals surface area contributed by atoms with E-state index in [9.17, 15) is 4.79 Å². The van der Waals surface area contributed by atoms with Gasteiger partial charge in [0.25, 0.3) is 0 Å². The minimum absolute atomic E-state index is 0.168. The lowest BCUT2D eigenvalue weighted by Gasteiger charge is -2.35. The second kappa shape index (κ2) is 6.41. The molecule has 2 aliphatic rings. The van der Waals surface area contributed by atoms with Gasteiger partial charge in [-0.1, -0.05) is 11.6 Å². The first kappa shape index (κ1) is 15.4. The zero-order valence-electron chi connectivity index (χ0n) is 13.2. The van der Waals surface area contributed by atoms with Crippen LogP contribution >= 0.6 is 11.6 Å². The zero-order valence-corrected chi connectivity index (χ0v) is 14.0. The highest BCUT2D eigenvalue weighted by molar-refractivity contribution is 6.30. The van der Waals surface area contributed by atoms with E-state index in [4.69, 9.17) is 11.6 Å². The Bertz CT molecular complexity index is 726. The number of halogens is 1. The van der Waals surface area contributed by atoms with Gasteiger partial charge in [0, 0.05) is 43.3 Å². The van der Waals surface area contributed by atoms with Gasteiger partial charge in [0.1, 0.15) is 18.2 Å². The van der Waals surface area contributed by atoms with Gasteiger partial charge in [-0.2, -0.15) is 5.10 Å². The molecule has 0 radical (unpaired) electrons. The van der Waals surface area contributed by atoms with Crippen LogP contribution in [0.2, 0.25) is 5.02 Å². The number of nitrogens with one attached hydrogen (secondary N) is 2. The van der Waals surface area contributed by atoms with Gasteiger partial charge in [0.15, 0.2) is 0 Å². The largest absolute Gasteiger partial charge is 0.373 e. The Morgan fingerprint density at radius 2 is 2.12 bits per heavy atom. The number of hydrogen-bond acceptors (Lipinski definition) is 5. The number of amides is 1. The molecule has 1 saturated heterocycles. The van der Waals surface area contributed by atoms with Crippen LogP contribution < -0.4 is 5.32 Å². The van der Waals surface area contributed by atoms with Gasteiger partial charge in [-0.3, -0.25) is 14.8 Å². The van der Waals surface area contributed by atoms with Crippen LogP contribution in [0.3, 0.4) is 0 Å². The number of carbonyl (C=O) groups excluding carboxylic acids is 1. The summed E-state index contributed by atoms with van der Waals surface area (Å²) in [6.45, 7) is 3.91. The van der Waals surface area contributed by atoms with Crippen molar-refractivity contribution in [1.82, 2.24) is 25.0 Å². The van der Waals surface area contributed by atoms with Crippen LogP contribution in [0.15, 0.2) is 24.5 Å². The van der Waals surface area contributed by atoms with Crippen LogP contribution in [-0.2, 0) is 17.8 Å². The monoisotopic (exact) mass is 346 g/mol. The molecule has 126 valence electrons. The maximum Gasteiger partial charge on any atom is 0.245 e. The maximum atomic E-state index is 12.8. The quantitative estimate of drug-likeness (QED) is 0.871. The van der Waals surface area contributed by atoms with E-state index in [1.165, 1.54) is 6.33 Å². The average molecular weight is 347 g/mol. The number of rotatable bonds is 3. The summed E-state index contributed by atoms with van der Waals surface area (Å²) in [5.41, 5.74) is 2.13. The summed E-state index contributed by atoms with van der Waals surface area (Å²) in [5, 5.41) is 10.8. The highest BCUT2D eigenvalue weighted by Gasteiger charge is 2.32. The lowest BCUT2D eigenvalue weighted by Crippen LogP contribution is -2.52. The van der Waals surface area contributed by atoms with Crippen molar-refractivity contribution in [2.45, 2.75) is 19.0 Å². The number of nitrogens with zero attached hydrogens (tertiary/aromatic N) is 4. The van der Waals surface area contributed by atoms with Crippen LogP contribution in [0.25, 0.3) is 0 Å². The Labute approximate surface area is 145 Å². The first-order valence-corrected chi connectivity index (χ1v) is 8.47. The van der Waals surface area contributed by atoms with Crippen molar-refractivity contribution in [1.29, 1.82) is 0 Å². The summed E-state index contributed by atoms with van der Waals surface area (Å²) < 4.78 is 0. The highest BCUT2D eigenvalue weighted by atomic mass is 35.5. The molecule has 0 bridgehead atoms. The number of piperazine rings is 1. The number of carbonyl (C=O) groups is 1. The zero-order chi connectivity index (χ0) is 16.5. The SMILES string of the molecule is O=C(C1Cc2cc(Cl)ccc2N1)N1CCN(Cc2ncn[nH]2)CC1. The number of hydrogen-bond donors (Lipinski definition) is 2. The molecule has 24 heavy (non-hydrogen) atoms. The number of H-pyrrole nitrogens is 1. The van der Waals surface area contributed by atoms with Gasteiger partial charge in [0.05, 0.1) is 6.54 Å².